The SMILES string of the molecule is CC1(C)[C@H](C=C(Cl)Cl)[C@@H]1C(=O)Nc1nc2ccccc2s1. The Labute approximate surface area is 137 Å². The molecule has 1 heterocycles. The molecule has 21 heavy (non-hydrogen) atoms. The molecule has 2 atom stereocenters. The summed E-state index contributed by atoms with van der Waals surface area (Å²) in [7, 11) is 0. The number of thiazole rings is 1. The van der Waals surface area contributed by atoms with Gasteiger partial charge in [-0.05, 0) is 29.5 Å². The minimum absolute atomic E-state index is 0.0325. The summed E-state index contributed by atoms with van der Waals surface area (Å²) in [4.78, 5) is 16.8. The van der Waals surface area contributed by atoms with E-state index in [-0.39, 0.29) is 27.6 Å². The van der Waals surface area contributed by atoms with Crippen molar-refractivity contribution in [3.8, 4) is 0 Å². The fourth-order valence-corrected chi connectivity index (χ4v) is 3.87. The monoisotopic (exact) mass is 340 g/mol. The first-order chi connectivity index (χ1) is 9.89. The maximum Gasteiger partial charge on any atom is 0.230 e. The minimum Gasteiger partial charge on any atom is -0.302 e. The van der Waals surface area contributed by atoms with Crippen LogP contribution in [0.1, 0.15) is 13.8 Å². The van der Waals surface area contributed by atoms with E-state index >= 15 is 0 Å². The number of para-hydroxylation sites is 1. The maximum atomic E-state index is 12.4. The van der Waals surface area contributed by atoms with Crippen molar-refractivity contribution in [2.45, 2.75) is 13.8 Å². The number of nitrogens with one attached hydrogen (secondary N) is 1. The number of nitrogens with zero attached hydrogens (tertiary/aromatic N) is 1. The third-order valence-electron chi connectivity index (χ3n) is 4.02. The first-order valence-electron chi connectivity index (χ1n) is 6.59. The van der Waals surface area contributed by atoms with E-state index in [9.17, 15) is 4.79 Å². The second kappa shape index (κ2) is 5.27. The third-order valence-corrected chi connectivity index (χ3v) is 5.23. The number of halogens is 2. The highest BCUT2D eigenvalue weighted by molar-refractivity contribution is 7.22. The number of carbonyl (C=O) groups excluding carboxylic acids is 1. The van der Waals surface area contributed by atoms with Crippen LogP contribution in [0.25, 0.3) is 10.2 Å². The number of hydrogen-bond donors (Lipinski definition) is 1. The minimum atomic E-state index is -0.129. The topological polar surface area (TPSA) is 42.0 Å². The molecule has 2 aromatic rings. The molecule has 3 rings (SSSR count). The van der Waals surface area contributed by atoms with Crippen LogP contribution in [-0.4, -0.2) is 10.9 Å². The van der Waals surface area contributed by atoms with Crippen molar-refractivity contribution in [2.24, 2.45) is 17.3 Å². The highest BCUT2D eigenvalue weighted by Crippen LogP contribution is 2.60. The molecular formula is C15H14Cl2N2OS. The number of allylic oxidation sites excluding steroid dienone is 1. The highest BCUT2D eigenvalue weighted by atomic mass is 35.5. The average molecular weight is 341 g/mol. The van der Waals surface area contributed by atoms with E-state index in [0.29, 0.717) is 5.13 Å². The van der Waals surface area contributed by atoms with Gasteiger partial charge in [-0.2, -0.15) is 0 Å². The summed E-state index contributed by atoms with van der Waals surface area (Å²) in [5.74, 6) is -0.0937. The van der Waals surface area contributed by atoms with Gasteiger partial charge in [0.2, 0.25) is 5.91 Å². The number of aromatic nitrogens is 1. The van der Waals surface area contributed by atoms with E-state index in [4.69, 9.17) is 23.2 Å². The lowest BCUT2D eigenvalue weighted by Gasteiger charge is -2.02. The Kier molecular flexibility index (Phi) is 3.72. The molecule has 1 saturated carbocycles. The molecule has 3 nitrogen and oxygen atoms in total. The van der Waals surface area contributed by atoms with Gasteiger partial charge >= 0.3 is 0 Å². The Morgan fingerprint density at radius 1 is 1.38 bits per heavy atom. The van der Waals surface area contributed by atoms with E-state index in [2.05, 4.69) is 10.3 Å². The van der Waals surface area contributed by atoms with Crippen molar-refractivity contribution in [1.82, 2.24) is 4.98 Å². The average Bonchev–Trinajstić information content (AvgIpc) is 2.77. The van der Waals surface area contributed by atoms with E-state index in [1.807, 2.05) is 38.1 Å². The second-order valence-electron chi connectivity index (χ2n) is 5.76. The standard InChI is InChI=1S/C15H14Cl2N2OS/c1-15(2)8(7-11(16)17)12(15)13(20)19-14-18-9-5-3-4-6-10(9)21-14/h3-8,12H,1-2H3,(H,18,19,20)/t8-,12-/m1/s1. The van der Waals surface area contributed by atoms with Gasteiger partial charge in [-0.25, -0.2) is 4.98 Å². The van der Waals surface area contributed by atoms with Crippen molar-refractivity contribution in [3.05, 3.63) is 34.8 Å². The Hall–Kier alpha value is -1.10. The Balaban J connectivity index is 1.76. The summed E-state index contributed by atoms with van der Waals surface area (Å²) in [6.45, 7) is 4.07. The molecule has 110 valence electrons. The van der Waals surface area contributed by atoms with Crippen molar-refractivity contribution in [3.63, 3.8) is 0 Å². The Bertz CT molecular complexity index is 701. The quantitative estimate of drug-likeness (QED) is 0.869. The molecule has 1 aromatic carbocycles. The van der Waals surface area contributed by atoms with Gasteiger partial charge in [0.1, 0.15) is 4.49 Å². The fraction of sp³-hybridized carbons (Fsp3) is 0.333. The number of amides is 1. The molecule has 1 aliphatic carbocycles. The molecule has 1 amide bonds. The van der Waals surface area contributed by atoms with Gasteiger partial charge in [-0.1, -0.05) is 60.5 Å². The van der Waals surface area contributed by atoms with Gasteiger partial charge < -0.3 is 5.32 Å². The lowest BCUT2D eigenvalue weighted by Crippen LogP contribution is -2.16. The van der Waals surface area contributed by atoms with E-state index in [1.54, 1.807) is 6.08 Å². The first kappa shape index (κ1) is 14.8. The number of benzene rings is 1. The molecule has 0 bridgehead atoms. The molecule has 1 N–H and O–H groups in total. The summed E-state index contributed by atoms with van der Waals surface area (Å²) in [6.07, 6.45) is 1.74. The molecule has 0 radical (unpaired) electrons. The summed E-state index contributed by atoms with van der Waals surface area (Å²) in [5.41, 5.74) is 0.767. The van der Waals surface area contributed by atoms with Gasteiger partial charge in [0.15, 0.2) is 5.13 Å². The van der Waals surface area contributed by atoms with E-state index in [1.165, 1.54) is 11.3 Å². The normalized spacial score (nSPS) is 22.9. The Morgan fingerprint density at radius 3 is 2.76 bits per heavy atom. The van der Waals surface area contributed by atoms with Crippen molar-refractivity contribution in [1.29, 1.82) is 0 Å². The zero-order valence-electron chi connectivity index (χ0n) is 11.6. The number of hydrogen-bond acceptors (Lipinski definition) is 3. The highest BCUT2D eigenvalue weighted by Gasteiger charge is 2.60. The molecule has 1 aliphatic rings. The van der Waals surface area contributed by atoms with Crippen LogP contribution in [0.3, 0.4) is 0 Å². The van der Waals surface area contributed by atoms with Crippen molar-refractivity contribution in [2.75, 3.05) is 5.32 Å². The van der Waals surface area contributed by atoms with Crippen LogP contribution in [0, 0.1) is 17.3 Å². The Morgan fingerprint density at radius 2 is 2.10 bits per heavy atom. The maximum absolute atomic E-state index is 12.4. The van der Waals surface area contributed by atoms with E-state index < -0.39 is 0 Å². The van der Waals surface area contributed by atoms with Gasteiger partial charge in [0.25, 0.3) is 0 Å². The number of carbonyl (C=O) groups is 1. The van der Waals surface area contributed by atoms with Gasteiger partial charge in [-0.3, -0.25) is 4.79 Å². The molecule has 0 spiro atoms. The molecule has 0 unspecified atom stereocenters. The van der Waals surface area contributed by atoms with Crippen molar-refractivity contribution < 1.29 is 4.79 Å². The number of anilines is 1. The van der Waals surface area contributed by atoms with Gasteiger partial charge in [0, 0.05) is 0 Å². The third kappa shape index (κ3) is 2.80. The van der Waals surface area contributed by atoms with Crippen molar-refractivity contribution >= 4 is 55.8 Å². The van der Waals surface area contributed by atoms with E-state index in [0.717, 1.165) is 10.2 Å². The van der Waals surface area contributed by atoms with Crippen LogP contribution >= 0.6 is 34.5 Å². The van der Waals surface area contributed by atoms with Crippen LogP contribution in [-0.2, 0) is 4.79 Å². The van der Waals surface area contributed by atoms with Crippen LogP contribution in [0.15, 0.2) is 34.8 Å². The van der Waals surface area contributed by atoms with Gasteiger partial charge in [0.05, 0.1) is 16.1 Å². The molecule has 0 saturated heterocycles. The smallest absolute Gasteiger partial charge is 0.230 e. The molecular weight excluding hydrogens is 327 g/mol. The number of rotatable bonds is 3. The zero-order valence-corrected chi connectivity index (χ0v) is 13.9. The zero-order chi connectivity index (χ0) is 15.2. The summed E-state index contributed by atoms with van der Waals surface area (Å²) < 4.78 is 1.27. The molecule has 6 heteroatoms. The molecule has 1 fully saturated rings. The first-order valence-corrected chi connectivity index (χ1v) is 8.16. The lowest BCUT2D eigenvalue weighted by molar-refractivity contribution is -0.118. The summed E-state index contributed by atoms with van der Waals surface area (Å²) >= 11 is 12.9. The van der Waals surface area contributed by atoms with Crippen LogP contribution < -0.4 is 5.32 Å². The summed E-state index contributed by atoms with van der Waals surface area (Å²) in [5, 5.41) is 3.53. The lowest BCUT2D eigenvalue weighted by atomic mass is 10.1. The number of fused-ring (bicyclic) bond motifs is 1. The fourth-order valence-electron chi connectivity index (χ4n) is 2.73. The van der Waals surface area contributed by atoms with Crippen LogP contribution in [0.5, 0.6) is 0 Å². The molecule has 1 aromatic heterocycles. The predicted octanol–water partition coefficient (Wildman–Crippen LogP) is 4.83. The van der Waals surface area contributed by atoms with Crippen LogP contribution in [0.4, 0.5) is 5.13 Å². The predicted molar refractivity (Wildman–Crippen MR) is 88.8 cm³/mol. The largest absolute Gasteiger partial charge is 0.302 e. The van der Waals surface area contributed by atoms with Gasteiger partial charge in [-0.15, -0.1) is 0 Å². The molecule has 0 aliphatic heterocycles. The summed E-state index contributed by atoms with van der Waals surface area (Å²) in [6, 6.07) is 7.81. The van der Waals surface area contributed by atoms with Crippen LogP contribution in [0.2, 0.25) is 0 Å². The second-order valence-corrected chi connectivity index (χ2v) is 7.80.